The zero-order valence-corrected chi connectivity index (χ0v) is 90.2. The summed E-state index contributed by atoms with van der Waals surface area (Å²) >= 11 is 0. The summed E-state index contributed by atoms with van der Waals surface area (Å²) in [4.78, 5) is 22.4. The van der Waals surface area contributed by atoms with Crippen LogP contribution in [0.1, 0.15) is 313 Å². The first-order valence-corrected chi connectivity index (χ1v) is 44.7. The molecule has 0 saturated carbocycles. The van der Waals surface area contributed by atoms with Crippen LogP contribution in [0.2, 0.25) is 0 Å². The summed E-state index contributed by atoms with van der Waals surface area (Å²) in [5.74, 6) is -26.0. The third-order valence-electron chi connectivity index (χ3n) is 23.0. The molecule has 146 heavy (non-hydrogen) atoms. The quantitative estimate of drug-likeness (QED) is 0.0470. The fourth-order valence-electron chi connectivity index (χ4n) is 17.3. The van der Waals surface area contributed by atoms with Crippen molar-refractivity contribution in [3.8, 4) is 84.9 Å². The van der Waals surface area contributed by atoms with Crippen LogP contribution >= 0.6 is 0 Å². The number of para-hydroxylation sites is 6. The standard InChI is InChI=1S/2C29H29N2.C27H27N2.C25H25N2.C21H23N2.5Ir/c2*1-19(2)16-21-10-9-11-22(17-20(3)4)28(21)27-18-30-29-25-14-6-5-12-23(25)24-13-7-8-15-26(24)31(27)29;1-19(2)24-17-23(21-11-7-5-8-12-21)18-25(20(3)4)26(24)29-16-15-28-27(29)22-13-9-6-10-14-22;1-17(2)20-13-10-14-21(18(3)4)24(20)27-23-16-9-8-15-22(23)26-25(27)19-11-6-5-7-12-19;1-15(2)18-11-8-12-19(16(3)4)20(18)23-14-13-22-21(23)17-9-6-5-7-10-17;;;;;/h2*5-13,15,18-20H,16-17H2,1-4H3;5-13,15-20H,1-4H3;5-11,13-18H,1-4H3;5-9,11-16H,1-4H3;;;;;/q5*-1;;;;;/i1D3,2D3,3D3,4D3,16D2,17D2;16D2,17D2;1D3,2D3,3D3,4D3,19D,20D;1D3,2D3,3D3,4D3,17D,18D;1D3,2D3,3D3,4D3,15D,16D;;;;;. The summed E-state index contributed by atoms with van der Waals surface area (Å²) in [6.07, 6.45) is -1.73. The topological polar surface area (TPSA) is 88.1 Å². The van der Waals surface area contributed by atoms with Gasteiger partial charge in [-0.2, -0.15) is 0 Å². The van der Waals surface area contributed by atoms with Crippen molar-refractivity contribution in [2.75, 3.05) is 0 Å². The first kappa shape index (κ1) is 55.8. The Hall–Kier alpha value is -11.4. The first-order chi connectivity index (χ1) is 93.0. The summed E-state index contributed by atoms with van der Waals surface area (Å²) in [6.45, 7) is -48.2. The van der Waals surface area contributed by atoms with Crippen LogP contribution in [0.15, 0.2) is 334 Å². The van der Waals surface area contributed by atoms with E-state index in [-0.39, 0.29) is 152 Å². The van der Waals surface area contributed by atoms with Gasteiger partial charge in [0.25, 0.3) is 0 Å². The largest absolute Gasteiger partial charge is 0.340 e. The molecule has 0 N–H and O–H groups in total. The van der Waals surface area contributed by atoms with E-state index in [2.05, 4.69) is 62.4 Å². The van der Waals surface area contributed by atoms with Gasteiger partial charge in [0.2, 0.25) is 0 Å². The van der Waals surface area contributed by atoms with Gasteiger partial charge in [0.1, 0.15) is 0 Å². The van der Waals surface area contributed by atoms with E-state index in [1.165, 1.54) is 35.6 Å². The molecule has 14 aromatic carbocycles. The van der Waals surface area contributed by atoms with Crippen molar-refractivity contribution in [2.24, 2.45) is 23.7 Å². The minimum Gasteiger partial charge on any atom is -0.340 e. The SMILES string of the molecule is [2H]C([2H])([2H])C(C([2H])([2H])[2H])C([2H])([2H])c1cccc(C([2H])([2H])C(C([2H])([2H])[2H])C([2H])([2H])[2H])c1-c1cnc2c3[c-]cccc3c3ccccc3n12.[2H]C([2H])([2H])C([2H])(c1cc(-c2ccccc2)cc(C([2H])(C([2H])([2H])[2H])C([2H])([2H])[2H])c1-n1ccnc1-c1[c-]cccc1)C([2H])([2H])[2H].[2H]C([2H])([2H])C([2H])(c1cccc(C([2H])(C([2H])([2H])[2H])C([2H])([2H])[2H])c1-n1c(-c2[c-]cccc2)nc2ccccc21)C([2H])([2H])[2H].[2H]C([2H])([2H])C([2H])(c1cccc(C([2H])(C([2H])([2H])[2H])C([2H])([2H])[2H])c1-n1ccnc1-c1[c-]cccc1)C([2H])([2H])[2H].[2H]C([2H])(c1cccc(C([2H])([2H])C(C)C)c1-c1cnc2c3[c-]cccc3c3ccccc3n12)C(C)C.[Ir].[Ir].[Ir].[Ir].[Ir]. The molecule has 0 amide bonds. The number of imidazole rings is 5. The Morgan fingerprint density at radius 1 is 0.301 bits per heavy atom. The van der Waals surface area contributed by atoms with Gasteiger partial charge in [0.15, 0.2) is 0 Å². The Kier molecular flexibility index (Phi) is 19.7. The summed E-state index contributed by atoms with van der Waals surface area (Å²) < 4.78 is 522. The van der Waals surface area contributed by atoms with Crippen molar-refractivity contribution in [3.05, 3.63) is 420 Å². The predicted molar refractivity (Wildman–Crippen MR) is 594 cm³/mol. The van der Waals surface area contributed by atoms with Crippen LogP contribution in [0.25, 0.3) is 151 Å². The molecule has 0 aliphatic heterocycles. The maximum atomic E-state index is 9.15. The number of aromatic nitrogens is 10. The van der Waals surface area contributed by atoms with Crippen LogP contribution in [0.4, 0.5) is 0 Å². The van der Waals surface area contributed by atoms with Crippen LogP contribution in [0.5, 0.6) is 0 Å². The van der Waals surface area contributed by atoms with Crippen molar-refractivity contribution in [3.63, 3.8) is 0 Å². The average molecular weight is 2870 g/mol. The number of fused-ring (bicyclic) bond motifs is 13. The predicted octanol–water partition coefficient (Wildman–Crippen LogP) is 34.6. The minimum absolute atomic E-state index is 0. The fourth-order valence-corrected chi connectivity index (χ4v) is 17.3. The summed E-state index contributed by atoms with van der Waals surface area (Å²) in [5, 5.41) is 4.94. The van der Waals surface area contributed by atoms with Gasteiger partial charge in [-0.05, 0) is 198 Å². The number of rotatable bonds is 23. The second-order valence-corrected chi connectivity index (χ2v) is 33.0. The van der Waals surface area contributed by atoms with Gasteiger partial charge in [-0.3, -0.25) is 24.9 Å². The maximum Gasteiger partial charge on any atom is 0.0774 e. The van der Waals surface area contributed by atoms with E-state index in [1.54, 1.807) is 193 Å². The molecule has 21 rings (SSSR count). The summed E-state index contributed by atoms with van der Waals surface area (Å²) in [6, 6.07) is 92.6. The molecular formula is C131H133Ir5N10-5. The van der Waals surface area contributed by atoms with E-state index in [0.717, 1.165) is 109 Å². The number of hydrogen-bond acceptors (Lipinski definition) is 5. The molecule has 7 heterocycles. The van der Waals surface area contributed by atoms with E-state index >= 15 is 0 Å². The van der Waals surface area contributed by atoms with Gasteiger partial charge in [-0.1, -0.05) is 300 Å². The zero-order valence-electron chi connectivity index (χ0n) is 140. The number of nitrogens with zero attached hydrogens (tertiary/aromatic N) is 10. The van der Waals surface area contributed by atoms with Crippen molar-refractivity contribution < 1.29 is 186 Å². The molecule has 0 atom stereocenters. The first-order valence-electron chi connectivity index (χ1n) is 75.7. The third-order valence-corrected chi connectivity index (χ3v) is 23.0. The smallest absolute Gasteiger partial charge is 0.0774 e. The molecule has 0 bridgehead atoms. The molecular weight excluding hydrogens is 2670 g/mol. The Morgan fingerprint density at radius 2 is 0.644 bits per heavy atom. The van der Waals surface area contributed by atoms with E-state index in [9.17, 15) is 0 Å². The van der Waals surface area contributed by atoms with Gasteiger partial charge >= 0.3 is 0 Å². The van der Waals surface area contributed by atoms with E-state index in [4.69, 9.17) is 90.0 Å². The molecule has 0 saturated heterocycles. The molecule has 0 unspecified atom stereocenters. The van der Waals surface area contributed by atoms with Crippen molar-refractivity contribution in [1.29, 1.82) is 0 Å². The normalized spacial score (nSPS) is 19.8. The zero-order chi connectivity index (χ0) is 152. The van der Waals surface area contributed by atoms with Crippen molar-refractivity contribution >= 4 is 65.7 Å². The molecule has 15 heteroatoms. The molecule has 21 aromatic rings. The fraction of sp³-hybridized carbons (Fsp3) is 0.260. The molecule has 10 nitrogen and oxygen atoms in total. The van der Waals surface area contributed by atoms with Crippen LogP contribution in [0.3, 0.4) is 0 Å². The molecule has 0 aliphatic rings. The average Bonchev–Trinajstić information content (AvgIpc) is 1.15. The Bertz CT molecular complexity index is 10300. The van der Waals surface area contributed by atoms with E-state index < -0.39 is 249 Å². The van der Waals surface area contributed by atoms with Gasteiger partial charge in [0.05, 0.1) is 51.2 Å². The van der Waals surface area contributed by atoms with Gasteiger partial charge in [0, 0.05) is 262 Å². The summed E-state index contributed by atoms with van der Waals surface area (Å²) in [5.41, 5.74) is -0.985. The second-order valence-electron chi connectivity index (χ2n) is 33.0. The molecule has 0 spiro atoms. The van der Waals surface area contributed by atoms with Crippen LogP contribution in [-0.2, 0) is 126 Å². The van der Waals surface area contributed by atoms with E-state index in [0.29, 0.717) is 66.4 Å². The molecule has 7 aromatic heterocycles. The summed E-state index contributed by atoms with van der Waals surface area (Å²) in [7, 11) is 0. The van der Waals surface area contributed by atoms with Gasteiger partial charge in [-0.25, -0.2) is 0 Å². The van der Waals surface area contributed by atoms with Crippen LogP contribution in [0, 0.1) is 54.0 Å². The van der Waals surface area contributed by atoms with E-state index in [1.807, 2.05) is 68.5 Å². The monoisotopic (exact) mass is 2870 g/mol. The Labute approximate surface area is 1020 Å². The van der Waals surface area contributed by atoms with Crippen LogP contribution < -0.4 is 0 Å². The number of benzene rings is 14. The molecule has 0 fully saturated rings. The van der Waals surface area contributed by atoms with Crippen molar-refractivity contribution in [1.82, 2.24) is 47.4 Å². The molecule has 0 aliphatic carbocycles. The number of hydrogen-bond donors (Lipinski definition) is 0. The van der Waals surface area contributed by atoms with Gasteiger partial charge < -0.3 is 22.5 Å². The maximum absolute atomic E-state index is 9.15. The van der Waals surface area contributed by atoms with Crippen molar-refractivity contribution in [2.45, 2.75) is 198 Å². The van der Waals surface area contributed by atoms with Gasteiger partial charge in [-0.15, -0.1) is 167 Å². The molecule has 757 valence electrons. The van der Waals surface area contributed by atoms with Crippen LogP contribution in [-0.4, -0.2) is 47.4 Å². The minimum atomic E-state index is -3.54. The number of pyridine rings is 2. The Balaban J connectivity index is 0.000000221. The Morgan fingerprint density at radius 3 is 1.04 bits per heavy atom. The molecule has 5 radical (unpaired) electrons. The second kappa shape index (κ2) is 51.5. The third kappa shape index (κ3) is 24.6.